The lowest BCUT2D eigenvalue weighted by Crippen LogP contribution is -2.44. The van der Waals surface area contributed by atoms with Crippen LogP contribution in [0.2, 0.25) is 5.02 Å². The lowest BCUT2D eigenvalue weighted by molar-refractivity contribution is 0.102. The van der Waals surface area contributed by atoms with Crippen LogP contribution < -0.4 is 19.7 Å². The fraction of sp³-hybridized carbons (Fsp3) is 0.435. The van der Waals surface area contributed by atoms with Gasteiger partial charge in [-0.2, -0.15) is 0 Å². The maximum atomic E-state index is 12.9. The first-order chi connectivity index (χ1) is 14.4. The molecule has 0 aromatic heterocycles. The zero-order valence-corrected chi connectivity index (χ0v) is 18.9. The van der Waals surface area contributed by atoms with E-state index < -0.39 is 0 Å². The number of piperazine rings is 1. The van der Waals surface area contributed by atoms with Gasteiger partial charge in [-0.3, -0.25) is 4.79 Å². The van der Waals surface area contributed by atoms with Gasteiger partial charge in [0.1, 0.15) is 0 Å². The molecule has 0 saturated carbocycles. The number of nitrogens with zero attached hydrogens (tertiary/aromatic N) is 2. The van der Waals surface area contributed by atoms with E-state index in [0.29, 0.717) is 28.7 Å². The molecule has 2 aromatic carbocycles. The molecule has 1 amide bonds. The smallest absolute Gasteiger partial charge is 0.255 e. The number of nitrogens with one attached hydrogen (secondary N) is 1. The number of hydrogen-bond acceptors (Lipinski definition) is 5. The monoisotopic (exact) mass is 431 g/mol. The van der Waals surface area contributed by atoms with Gasteiger partial charge >= 0.3 is 0 Å². The summed E-state index contributed by atoms with van der Waals surface area (Å²) in [6.07, 6.45) is 0.852. The summed E-state index contributed by atoms with van der Waals surface area (Å²) < 4.78 is 11.0. The molecule has 1 N–H and O–H groups in total. The van der Waals surface area contributed by atoms with Crippen molar-refractivity contribution >= 4 is 28.9 Å². The van der Waals surface area contributed by atoms with E-state index >= 15 is 0 Å². The second kappa shape index (κ2) is 10.0. The van der Waals surface area contributed by atoms with Gasteiger partial charge in [0, 0.05) is 43.1 Å². The topological polar surface area (TPSA) is 54.0 Å². The molecule has 7 heteroatoms. The van der Waals surface area contributed by atoms with Gasteiger partial charge in [0.25, 0.3) is 5.91 Å². The number of rotatable bonds is 7. The van der Waals surface area contributed by atoms with Crippen LogP contribution in [0.3, 0.4) is 0 Å². The van der Waals surface area contributed by atoms with E-state index in [4.69, 9.17) is 21.1 Å². The number of methoxy groups -OCH3 is 1. The Kier molecular flexibility index (Phi) is 7.45. The Hall–Kier alpha value is -2.44. The fourth-order valence-corrected chi connectivity index (χ4v) is 3.70. The SMILES string of the molecule is CCCOc1c(Cl)cc(C(=O)Nc2ccc(N3CCN(C)CC3)cc2C)cc1OC. The number of carbonyl (C=O) groups excluding carboxylic acids is 1. The average Bonchev–Trinajstić information content (AvgIpc) is 2.74. The lowest BCUT2D eigenvalue weighted by atomic mass is 10.1. The zero-order chi connectivity index (χ0) is 21.7. The van der Waals surface area contributed by atoms with Gasteiger partial charge < -0.3 is 24.6 Å². The molecule has 30 heavy (non-hydrogen) atoms. The summed E-state index contributed by atoms with van der Waals surface area (Å²) in [7, 11) is 3.68. The van der Waals surface area contributed by atoms with Crippen molar-refractivity contribution in [3.63, 3.8) is 0 Å². The van der Waals surface area contributed by atoms with Crippen LogP contribution in [-0.4, -0.2) is 57.8 Å². The van der Waals surface area contributed by atoms with Gasteiger partial charge in [0.2, 0.25) is 0 Å². The number of ether oxygens (including phenoxy) is 2. The summed E-state index contributed by atoms with van der Waals surface area (Å²) in [6, 6.07) is 9.40. The lowest BCUT2D eigenvalue weighted by Gasteiger charge is -2.34. The van der Waals surface area contributed by atoms with Gasteiger partial charge in [0.15, 0.2) is 11.5 Å². The van der Waals surface area contributed by atoms with Gasteiger partial charge in [-0.1, -0.05) is 18.5 Å². The van der Waals surface area contributed by atoms with Crippen LogP contribution in [0, 0.1) is 6.92 Å². The molecule has 0 unspecified atom stereocenters. The number of likely N-dealkylation sites (N-methyl/N-ethyl adjacent to an activating group) is 1. The number of carbonyl (C=O) groups is 1. The van der Waals surface area contributed by atoms with Gasteiger partial charge in [-0.15, -0.1) is 0 Å². The largest absolute Gasteiger partial charge is 0.493 e. The first kappa shape index (κ1) is 22.2. The van der Waals surface area contributed by atoms with E-state index in [1.807, 2.05) is 19.9 Å². The Morgan fingerprint density at radius 2 is 1.90 bits per heavy atom. The molecule has 0 radical (unpaired) electrons. The molecular weight excluding hydrogens is 402 g/mol. The number of amides is 1. The first-order valence-corrected chi connectivity index (χ1v) is 10.7. The fourth-order valence-electron chi connectivity index (χ4n) is 3.44. The van der Waals surface area contributed by atoms with E-state index in [1.165, 1.54) is 12.8 Å². The Bertz CT molecular complexity index is 896. The summed E-state index contributed by atoms with van der Waals surface area (Å²) in [4.78, 5) is 17.6. The summed E-state index contributed by atoms with van der Waals surface area (Å²) in [5.74, 6) is 0.668. The normalized spacial score (nSPS) is 14.5. The number of halogens is 1. The highest BCUT2D eigenvalue weighted by molar-refractivity contribution is 6.32. The van der Waals surface area contributed by atoms with Crippen LogP contribution in [0.4, 0.5) is 11.4 Å². The molecule has 1 fully saturated rings. The van der Waals surface area contributed by atoms with Crippen LogP contribution in [0.5, 0.6) is 11.5 Å². The molecule has 0 spiro atoms. The third-order valence-corrected chi connectivity index (χ3v) is 5.55. The molecule has 2 aromatic rings. The van der Waals surface area contributed by atoms with Crippen LogP contribution in [-0.2, 0) is 0 Å². The van der Waals surface area contributed by atoms with Crippen molar-refractivity contribution in [1.82, 2.24) is 4.90 Å². The number of hydrogen-bond donors (Lipinski definition) is 1. The van der Waals surface area contributed by atoms with Crippen LogP contribution in [0.15, 0.2) is 30.3 Å². The third-order valence-electron chi connectivity index (χ3n) is 5.27. The second-order valence-corrected chi connectivity index (χ2v) is 7.99. The van der Waals surface area contributed by atoms with Crippen molar-refractivity contribution in [3.05, 3.63) is 46.5 Å². The van der Waals surface area contributed by atoms with Crippen molar-refractivity contribution in [2.24, 2.45) is 0 Å². The van der Waals surface area contributed by atoms with Crippen molar-refractivity contribution in [2.75, 3.05) is 57.2 Å². The molecule has 0 bridgehead atoms. The standard InChI is InChI=1S/C23H30ClN3O3/c1-5-12-30-22-19(24)14-17(15-21(22)29-4)23(28)25-20-7-6-18(13-16(20)2)27-10-8-26(3)9-11-27/h6-7,13-15H,5,8-12H2,1-4H3,(H,25,28). The Labute approximate surface area is 183 Å². The highest BCUT2D eigenvalue weighted by Crippen LogP contribution is 2.37. The van der Waals surface area contributed by atoms with Gasteiger partial charge in [-0.25, -0.2) is 0 Å². The van der Waals surface area contributed by atoms with E-state index in [9.17, 15) is 4.79 Å². The average molecular weight is 432 g/mol. The first-order valence-electron chi connectivity index (χ1n) is 10.3. The highest BCUT2D eigenvalue weighted by Gasteiger charge is 2.18. The van der Waals surface area contributed by atoms with Crippen molar-refractivity contribution in [3.8, 4) is 11.5 Å². The molecule has 6 nitrogen and oxygen atoms in total. The van der Waals surface area contributed by atoms with Gasteiger partial charge in [0.05, 0.1) is 18.7 Å². The van der Waals surface area contributed by atoms with Crippen molar-refractivity contribution in [2.45, 2.75) is 20.3 Å². The number of anilines is 2. The third kappa shape index (κ3) is 5.18. The highest BCUT2D eigenvalue weighted by atomic mass is 35.5. The zero-order valence-electron chi connectivity index (χ0n) is 18.1. The second-order valence-electron chi connectivity index (χ2n) is 7.58. The van der Waals surface area contributed by atoms with Crippen molar-refractivity contribution < 1.29 is 14.3 Å². The predicted molar refractivity (Wildman–Crippen MR) is 123 cm³/mol. The number of aryl methyl sites for hydroxylation is 1. The molecule has 1 aliphatic heterocycles. The van der Waals surface area contributed by atoms with Crippen LogP contribution >= 0.6 is 11.6 Å². The summed E-state index contributed by atoms with van der Waals surface area (Å²) in [5, 5.41) is 3.34. The van der Waals surface area contributed by atoms with Crippen LogP contribution in [0.1, 0.15) is 29.3 Å². The van der Waals surface area contributed by atoms with E-state index in [2.05, 4.69) is 34.3 Å². The summed E-state index contributed by atoms with van der Waals surface area (Å²) in [5.41, 5.74) is 3.39. The Balaban J connectivity index is 1.75. The molecule has 1 heterocycles. The molecule has 1 saturated heterocycles. The predicted octanol–water partition coefficient (Wildman–Crippen LogP) is 4.45. The quantitative estimate of drug-likeness (QED) is 0.701. The molecule has 1 aliphatic rings. The molecule has 0 atom stereocenters. The Morgan fingerprint density at radius 1 is 1.17 bits per heavy atom. The molecule has 0 aliphatic carbocycles. The Morgan fingerprint density at radius 3 is 2.53 bits per heavy atom. The molecule has 162 valence electrons. The van der Waals surface area contributed by atoms with E-state index in [1.54, 1.807) is 12.1 Å². The van der Waals surface area contributed by atoms with Crippen LogP contribution in [0.25, 0.3) is 0 Å². The summed E-state index contributed by atoms with van der Waals surface area (Å²) >= 11 is 6.35. The van der Waals surface area contributed by atoms with Crippen molar-refractivity contribution in [1.29, 1.82) is 0 Å². The van der Waals surface area contributed by atoms with E-state index in [-0.39, 0.29) is 5.91 Å². The minimum Gasteiger partial charge on any atom is -0.493 e. The number of benzene rings is 2. The minimum atomic E-state index is -0.243. The maximum Gasteiger partial charge on any atom is 0.255 e. The van der Waals surface area contributed by atoms with Gasteiger partial charge in [-0.05, 0) is 56.3 Å². The summed E-state index contributed by atoms with van der Waals surface area (Å²) in [6.45, 7) is 8.67. The molecular formula is C23H30ClN3O3. The van der Waals surface area contributed by atoms with E-state index in [0.717, 1.165) is 43.9 Å². The minimum absolute atomic E-state index is 0.243. The molecule has 3 rings (SSSR count). The maximum absolute atomic E-state index is 12.9.